The summed E-state index contributed by atoms with van der Waals surface area (Å²) < 4.78 is 15.7. The van der Waals surface area contributed by atoms with Crippen LogP contribution in [0.2, 0.25) is 5.02 Å². The zero-order valence-electron chi connectivity index (χ0n) is 18.3. The first-order chi connectivity index (χ1) is 16.0. The van der Waals surface area contributed by atoms with Gasteiger partial charge in [-0.15, -0.1) is 5.10 Å². The third-order valence-electron chi connectivity index (χ3n) is 6.30. The number of nitrogens with one attached hydrogen (secondary N) is 1. The first-order valence-electron chi connectivity index (χ1n) is 11.2. The monoisotopic (exact) mass is 462 g/mol. The smallest absolute Gasteiger partial charge is 0.245 e. The summed E-state index contributed by atoms with van der Waals surface area (Å²) in [6, 6.07) is 14.9. The Hall–Kier alpha value is -3.25. The Morgan fingerprint density at radius 2 is 1.88 bits per heavy atom. The Bertz CT molecular complexity index is 1300. The Balaban J connectivity index is 1.58. The number of anilines is 2. The summed E-state index contributed by atoms with van der Waals surface area (Å²) in [5.74, 6) is 0.478. The second-order valence-corrected chi connectivity index (χ2v) is 8.94. The third-order valence-corrected chi connectivity index (χ3v) is 6.52. The molecule has 0 saturated heterocycles. The average Bonchev–Trinajstić information content (AvgIpc) is 3.18. The van der Waals surface area contributed by atoms with E-state index in [-0.39, 0.29) is 5.92 Å². The second kappa shape index (κ2) is 8.94. The number of benzene rings is 2. The summed E-state index contributed by atoms with van der Waals surface area (Å²) in [5.41, 5.74) is 5.88. The molecule has 1 N–H and O–H groups in total. The van der Waals surface area contributed by atoms with E-state index in [2.05, 4.69) is 47.6 Å². The molecular formula is C26H24ClFN4O. The number of hydrogen-bond donors (Lipinski definition) is 1. The van der Waals surface area contributed by atoms with E-state index in [0.29, 0.717) is 35.3 Å². The fourth-order valence-corrected chi connectivity index (χ4v) is 4.73. The molecule has 0 radical (unpaired) electrons. The number of Topliss-reactive ketones (excluding diaryl/α,β-unsaturated/α-hetero) is 1. The molecule has 0 spiro atoms. The van der Waals surface area contributed by atoms with Crippen molar-refractivity contribution in [2.45, 2.75) is 44.9 Å². The number of nitrogens with zero attached hydrogens (tertiary/aromatic N) is 3. The van der Waals surface area contributed by atoms with Crippen LogP contribution in [0.1, 0.15) is 49.8 Å². The van der Waals surface area contributed by atoms with Crippen LogP contribution in [0.3, 0.4) is 0 Å². The largest absolute Gasteiger partial charge is 0.323 e. The van der Waals surface area contributed by atoms with Crippen molar-refractivity contribution < 1.29 is 9.18 Å². The number of aromatic nitrogens is 3. The van der Waals surface area contributed by atoms with Crippen LogP contribution >= 0.6 is 11.6 Å². The molecule has 5 nitrogen and oxygen atoms in total. The van der Waals surface area contributed by atoms with E-state index < -0.39 is 5.82 Å². The van der Waals surface area contributed by atoms with Gasteiger partial charge < -0.3 is 5.32 Å². The summed E-state index contributed by atoms with van der Waals surface area (Å²) >= 11 is 5.99. The number of aryl methyl sites for hydroxylation is 1. The summed E-state index contributed by atoms with van der Waals surface area (Å²) in [5, 5.41) is 8.10. The number of ketones is 1. The molecular weight excluding hydrogens is 439 g/mol. The molecule has 2 aromatic heterocycles. The average molecular weight is 463 g/mol. The number of fused-ring (bicyclic) bond motifs is 1. The fourth-order valence-electron chi connectivity index (χ4n) is 4.50. The summed E-state index contributed by atoms with van der Waals surface area (Å²) in [6.07, 6.45) is 5.58. The van der Waals surface area contributed by atoms with Gasteiger partial charge in [0, 0.05) is 40.7 Å². The van der Waals surface area contributed by atoms with Crippen LogP contribution in [0.5, 0.6) is 0 Å². The SMILES string of the molecule is CCc1ccc(-c2cc(C3CCC(=O)CC3)n3nc(Nc4cc(F)cc(Cl)c4)ncc23)cc1. The highest BCUT2D eigenvalue weighted by Gasteiger charge is 2.25. The van der Waals surface area contributed by atoms with E-state index in [1.165, 1.54) is 17.7 Å². The lowest BCUT2D eigenvalue weighted by Gasteiger charge is -2.20. The maximum Gasteiger partial charge on any atom is 0.245 e. The maximum atomic E-state index is 13.8. The van der Waals surface area contributed by atoms with Crippen molar-refractivity contribution in [1.29, 1.82) is 0 Å². The molecule has 7 heteroatoms. The number of rotatable bonds is 5. The third kappa shape index (κ3) is 4.48. The van der Waals surface area contributed by atoms with Gasteiger partial charge in [0.1, 0.15) is 11.6 Å². The van der Waals surface area contributed by atoms with E-state index in [4.69, 9.17) is 16.7 Å². The summed E-state index contributed by atoms with van der Waals surface area (Å²) in [7, 11) is 0. The van der Waals surface area contributed by atoms with Crippen molar-refractivity contribution >= 4 is 34.5 Å². The molecule has 0 amide bonds. The predicted octanol–water partition coefficient (Wildman–Crippen LogP) is 6.72. The van der Waals surface area contributed by atoms with Crippen molar-refractivity contribution in [1.82, 2.24) is 14.6 Å². The van der Waals surface area contributed by atoms with Gasteiger partial charge in [0.15, 0.2) is 0 Å². The van der Waals surface area contributed by atoms with Gasteiger partial charge in [0.05, 0.1) is 11.7 Å². The van der Waals surface area contributed by atoms with Crippen LogP contribution < -0.4 is 5.32 Å². The molecule has 0 unspecified atom stereocenters. The van der Waals surface area contributed by atoms with Gasteiger partial charge in [0.25, 0.3) is 0 Å². The van der Waals surface area contributed by atoms with Gasteiger partial charge in [-0.25, -0.2) is 13.9 Å². The Kier molecular flexibility index (Phi) is 5.85. The maximum absolute atomic E-state index is 13.8. The van der Waals surface area contributed by atoms with Gasteiger partial charge in [-0.2, -0.15) is 0 Å². The molecule has 1 aliphatic rings. The van der Waals surface area contributed by atoms with Crippen LogP contribution in [0.4, 0.5) is 16.0 Å². The molecule has 1 fully saturated rings. The first kappa shape index (κ1) is 21.6. The van der Waals surface area contributed by atoms with Crippen LogP contribution in [0.15, 0.2) is 54.7 Å². The van der Waals surface area contributed by atoms with Crippen LogP contribution in [-0.4, -0.2) is 20.4 Å². The Morgan fingerprint density at radius 3 is 2.58 bits per heavy atom. The molecule has 2 heterocycles. The van der Waals surface area contributed by atoms with Gasteiger partial charge >= 0.3 is 0 Å². The lowest BCUT2D eigenvalue weighted by atomic mass is 9.86. The van der Waals surface area contributed by atoms with Crippen molar-refractivity contribution in [3.8, 4) is 11.1 Å². The van der Waals surface area contributed by atoms with Crippen LogP contribution in [-0.2, 0) is 11.2 Å². The van der Waals surface area contributed by atoms with E-state index in [1.807, 2.05) is 4.52 Å². The van der Waals surface area contributed by atoms with E-state index in [1.54, 1.807) is 12.3 Å². The van der Waals surface area contributed by atoms with Gasteiger partial charge in [0.2, 0.25) is 5.95 Å². The van der Waals surface area contributed by atoms with Gasteiger partial charge in [-0.1, -0.05) is 42.8 Å². The van der Waals surface area contributed by atoms with E-state index in [0.717, 1.165) is 41.6 Å². The fraction of sp³-hybridized carbons (Fsp3) is 0.269. The van der Waals surface area contributed by atoms with Crippen LogP contribution in [0, 0.1) is 5.82 Å². The topological polar surface area (TPSA) is 59.3 Å². The second-order valence-electron chi connectivity index (χ2n) is 8.51. The Labute approximate surface area is 196 Å². The molecule has 0 aliphatic heterocycles. The highest BCUT2D eigenvalue weighted by molar-refractivity contribution is 6.30. The van der Waals surface area contributed by atoms with Crippen molar-refractivity contribution in [2.75, 3.05) is 5.32 Å². The molecule has 168 valence electrons. The number of carbonyl (C=O) groups is 1. The summed E-state index contributed by atoms with van der Waals surface area (Å²) in [6.45, 7) is 2.14. The number of hydrogen-bond acceptors (Lipinski definition) is 4. The molecule has 2 aromatic carbocycles. The van der Waals surface area contributed by atoms with Crippen molar-refractivity contribution in [3.63, 3.8) is 0 Å². The Morgan fingerprint density at radius 1 is 1.12 bits per heavy atom. The molecule has 0 bridgehead atoms. The highest BCUT2D eigenvalue weighted by atomic mass is 35.5. The number of carbonyl (C=O) groups excluding carboxylic acids is 1. The van der Waals surface area contributed by atoms with Gasteiger partial charge in [-0.05, 0) is 54.7 Å². The zero-order valence-corrected chi connectivity index (χ0v) is 19.1. The van der Waals surface area contributed by atoms with Crippen LogP contribution in [0.25, 0.3) is 16.6 Å². The normalized spacial score (nSPS) is 14.7. The predicted molar refractivity (Wildman–Crippen MR) is 129 cm³/mol. The van der Waals surface area contributed by atoms with E-state index >= 15 is 0 Å². The molecule has 1 aliphatic carbocycles. The minimum absolute atomic E-state index is 0.241. The zero-order chi connectivity index (χ0) is 22.9. The molecule has 0 atom stereocenters. The highest BCUT2D eigenvalue weighted by Crippen LogP contribution is 2.37. The minimum Gasteiger partial charge on any atom is -0.323 e. The quantitative estimate of drug-likeness (QED) is 0.357. The first-order valence-corrected chi connectivity index (χ1v) is 11.6. The number of halogens is 2. The minimum atomic E-state index is -0.433. The van der Waals surface area contributed by atoms with E-state index in [9.17, 15) is 9.18 Å². The lowest BCUT2D eigenvalue weighted by molar-refractivity contribution is -0.120. The lowest BCUT2D eigenvalue weighted by Crippen LogP contribution is -2.15. The van der Waals surface area contributed by atoms with Gasteiger partial charge in [-0.3, -0.25) is 4.79 Å². The summed E-state index contributed by atoms with van der Waals surface area (Å²) in [4.78, 5) is 16.3. The molecule has 5 rings (SSSR count). The standard InChI is InChI=1S/C26H24ClFN4O/c1-2-16-3-5-17(6-4-16)23-14-24(18-7-9-22(33)10-8-18)32-25(23)15-29-26(31-32)30-21-12-19(27)11-20(28)13-21/h3-6,11-15,18H,2,7-10H2,1H3,(H,30,31). The molecule has 1 saturated carbocycles. The van der Waals surface area contributed by atoms with Crippen molar-refractivity contribution in [3.05, 3.63) is 76.8 Å². The molecule has 33 heavy (non-hydrogen) atoms. The van der Waals surface area contributed by atoms with Crippen molar-refractivity contribution in [2.24, 2.45) is 0 Å². The molecule has 4 aromatic rings.